The Morgan fingerprint density at radius 1 is 0.952 bits per heavy atom. The maximum atomic E-state index is 5.94. The first-order valence-corrected chi connectivity index (χ1v) is 7.43. The fraction of sp³-hybridized carbons (Fsp3) is 0.294. The molecule has 0 saturated heterocycles. The average molecular weight is 307 g/mol. The van der Waals surface area contributed by atoms with Crippen LogP contribution < -0.4 is 9.47 Å². The summed E-state index contributed by atoms with van der Waals surface area (Å²) in [7, 11) is 0. The summed E-state index contributed by atoms with van der Waals surface area (Å²) in [5.74, 6) is 1.72. The molecule has 2 aromatic rings. The highest BCUT2D eigenvalue weighted by Gasteiger charge is 2.10. The zero-order chi connectivity index (χ0) is 14.9. The van der Waals surface area contributed by atoms with Crippen LogP contribution in [-0.2, 0) is 17.2 Å². The van der Waals surface area contributed by atoms with E-state index in [-0.39, 0.29) is 6.79 Å². The number of alkyl halides is 1. The minimum absolute atomic E-state index is 0.156. The van der Waals surface area contributed by atoms with Crippen molar-refractivity contribution in [2.75, 3.05) is 13.4 Å². The van der Waals surface area contributed by atoms with Gasteiger partial charge in [0.05, 0.1) is 19.1 Å². The summed E-state index contributed by atoms with van der Waals surface area (Å²) < 4.78 is 16.8. The Labute approximate surface area is 130 Å². The highest BCUT2D eigenvalue weighted by atomic mass is 35.5. The van der Waals surface area contributed by atoms with E-state index < -0.39 is 0 Å². The Kier molecular flexibility index (Phi) is 6.38. The summed E-state index contributed by atoms with van der Waals surface area (Å²) in [4.78, 5) is 0. The first-order chi connectivity index (χ1) is 10.3. The molecule has 0 spiro atoms. The number of halogens is 1. The molecule has 0 heterocycles. The molecule has 0 aliphatic rings. The van der Waals surface area contributed by atoms with Crippen LogP contribution in [0.4, 0.5) is 0 Å². The minimum Gasteiger partial charge on any atom is -0.490 e. The first-order valence-electron chi connectivity index (χ1n) is 6.90. The van der Waals surface area contributed by atoms with Gasteiger partial charge >= 0.3 is 0 Å². The molecule has 2 rings (SSSR count). The Bertz CT molecular complexity index is 543. The zero-order valence-electron chi connectivity index (χ0n) is 12.0. The van der Waals surface area contributed by atoms with Gasteiger partial charge in [0.15, 0.2) is 18.3 Å². The van der Waals surface area contributed by atoms with Crippen LogP contribution in [-0.4, -0.2) is 13.4 Å². The van der Waals surface area contributed by atoms with Crippen LogP contribution in [0.15, 0.2) is 48.5 Å². The largest absolute Gasteiger partial charge is 0.490 e. The molecule has 112 valence electrons. The monoisotopic (exact) mass is 306 g/mol. The van der Waals surface area contributed by atoms with Gasteiger partial charge in [-0.05, 0) is 18.6 Å². The number of para-hydroxylation sites is 1. The van der Waals surface area contributed by atoms with E-state index in [1.165, 1.54) is 0 Å². The molecule has 0 aliphatic heterocycles. The quantitative estimate of drug-likeness (QED) is 0.411. The molecular formula is C17H19ClO3. The molecule has 3 nitrogen and oxygen atoms in total. The van der Waals surface area contributed by atoms with Gasteiger partial charge in [-0.25, -0.2) is 0 Å². The fourth-order valence-corrected chi connectivity index (χ4v) is 2.14. The molecule has 0 aliphatic carbocycles. The Balaban J connectivity index is 1.92. The van der Waals surface area contributed by atoms with Crippen molar-refractivity contribution in [1.82, 2.24) is 0 Å². The SMILES string of the molecule is CCOc1cccc(CCl)c1OCOCc1ccccc1. The van der Waals surface area contributed by atoms with Gasteiger partial charge in [-0.3, -0.25) is 0 Å². The van der Waals surface area contributed by atoms with Crippen LogP contribution in [0, 0.1) is 0 Å². The number of ether oxygens (including phenoxy) is 3. The second kappa shape index (κ2) is 8.55. The topological polar surface area (TPSA) is 27.7 Å². The van der Waals surface area contributed by atoms with E-state index in [9.17, 15) is 0 Å². The van der Waals surface area contributed by atoms with E-state index >= 15 is 0 Å². The lowest BCUT2D eigenvalue weighted by Crippen LogP contribution is -2.06. The third kappa shape index (κ3) is 4.66. The van der Waals surface area contributed by atoms with Gasteiger partial charge in [-0.15, -0.1) is 11.6 Å². The number of benzene rings is 2. The molecule has 0 bridgehead atoms. The van der Waals surface area contributed by atoms with E-state index in [2.05, 4.69) is 0 Å². The summed E-state index contributed by atoms with van der Waals surface area (Å²) in [6.07, 6.45) is 0. The normalized spacial score (nSPS) is 10.4. The van der Waals surface area contributed by atoms with Crippen molar-refractivity contribution < 1.29 is 14.2 Å². The van der Waals surface area contributed by atoms with Crippen LogP contribution in [0.3, 0.4) is 0 Å². The maximum Gasteiger partial charge on any atom is 0.189 e. The molecule has 0 amide bonds. The molecule has 4 heteroatoms. The number of hydrogen-bond acceptors (Lipinski definition) is 3. The molecule has 2 aromatic carbocycles. The highest BCUT2D eigenvalue weighted by molar-refractivity contribution is 6.17. The van der Waals surface area contributed by atoms with E-state index in [0.29, 0.717) is 30.6 Å². The van der Waals surface area contributed by atoms with Crippen molar-refractivity contribution in [3.05, 3.63) is 59.7 Å². The van der Waals surface area contributed by atoms with Crippen LogP contribution in [0.1, 0.15) is 18.1 Å². The number of rotatable bonds is 8. The van der Waals surface area contributed by atoms with E-state index in [4.69, 9.17) is 25.8 Å². The lowest BCUT2D eigenvalue weighted by atomic mass is 10.2. The minimum atomic E-state index is 0.156. The lowest BCUT2D eigenvalue weighted by molar-refractivity contribution is 0.00308. The van der Waals surface area contributed by atoms with Crippen molar-refractivity contribution in [3.63, 3.8) is 0 Å². The summed E-state index contributed by atoms with van der Waals surface area (Å²) in [5, 5.41) is 0. The van der Waals surface area contributed by atoms with E-state index in [1.807, 2.05) is 55.5 Å². The molecule has 0 atom stereocenters. The Hall–Kier alpha value is -1.71. The average Bonchev–Trinajstić information content (AvgIpc) is 2.53. The maximum absolute atomic E-state index is 5.94. The second-order valence-electron chi connectivity index (χ2n) is 4.41. The summed E-state index contributed by atoms with van der Waals surface area (Å²) in [6.45, 7) is 3.17. The molecule has 0 fully saturated rings. The lowest BCUT2D eigenvalue weighted by Gasteiger charge is -2.15. The number of hydrogen-bond donors (Lipinski definition) is 0. The molecule has 21 heavy (non-hydrogen) atoms. The Morgan fingerprint density at radius 3 is 2.48 bits per heavy atom. The summed E-state index contributed by atoms with van der Waals surface area (Å²) in [5.41, 5.74) is 2.00. The highest BCUT2D eigenvalue weighted by Crippen LogP contribution is 2.32. The van der Waals surface area contributed by atoms with Gasteiger partial charge in [0, 0.05) is 5.56 Å². The molecule has 0 unspecified atom stereocenters. The van der Waals surface area contributed by atoms with Crippen molar-refractivity contribution in [3.8, 4) is 11.5 Å². The van der Waals surface area contributed by atoms with Crippen LogP contribution >= 0.6 is 11.6 Å². The van der Waals surface area contributed by atoms with E-state index in [1.54, 1.807) is 0 Å². The van der Waals surface area contributed by atoms with Crippen LogP contribution in [0.25, 0.3) is 0 Å². The first kappa shape index (κ1) is 15.7. The predicted molar refractivity (Wildman–Crippen MR) is 83.9 cm³/mol. The van der Waals surface area contributed by atoms with Gasteiger partial charge in [0.2, 0.25) is 0 Å². The predicted octanol–water partition coefficient (Wildman–Crippen LogP) is 4.38. The Morgan fingerprint density at radius 2 is 1.76 bits per heavy atom. The van der Waals surface area contributed by atoms with Gasteiger partial charge in [0.25, 0.3) is 0 Å². The molecule has 0 aromatic heterocycles. The molecule has 0 N–H and O–H groups in total. The van der Waals surface area contributed by atoms with E-state index in [0.717, 1.165) is 11.1 Å². The van der Waals surface area contributed by atoms with Crippen molar-refractivity contribution >= 4 is 11.6 Å². The molecule has 0 radical (unpaired) electrons. The van der Waals surface area contributed by atoms with Crippen molar-refractivity contribution in [2.24, 2.45) is 0 Å². The van der Waals surface area contributed by atoms with Crippen molar-refractivity contribution in [1.29, 1.82) is 0 Å². The third-order valence-electron chi connectivity index (χ3n) is 2.90. The van der Waals surface area contributed by atoms with Gasteiger partial charge in [-0.1, -0.05) is 42.5 Å². The zero-order valence-corrected chi connectivity index (χ0v) is 12.8. The summed E-state index contributed by atoms with van der Waals surface area (Å²) >= 11 is 5.94. The standard InChI is InChI=1S/C17H19ClO3/c1-2-20-16-10-6-9-15(11-18)17(16)21-13-19-12-14-7-4-3-5-8-14/h3-10H,2,11-13H2,1H3. The second-order valence-corrected chi connectivity index (χ2v) is 4.67. The van der Waals surface area contributed by atoms with Crippen molar-refractivity contribution in [2.45, 2.75) is 19.4 Å². The van der Waals surface area contributed by atoms with Crippen LogP contribution in [0.2, 0.25) is 0 Å². The molecular weight excluding hydrogens is 288 g/mol. The fourth-order valence-electron chi connectivity index (χ4n) is 1.93. The van der Waals surface area contributed by atoms with Gasteiger partial charge < -0.3 is 14.2 Å². The van der Waals surface area contributed by atoms with Crippen LogP contribution in [0.5, 0.6) is 11.5 Å². The molecule has 0 saturated carbocycles. The summed E-state index contributed by atoms with van der Waals surface area (Å²) in [6, 6.07) is 15.7. The third-order valence-corrected chi connectivity index (χ3v) is 3.19. The smallest absolute Gasteiger partial charge is 0.189 e. The van der Waals surface area contributed by atoms with Gasteiger partial charge in [-0.2, -0.15) is 0 Å². The van der Waals surface area contributed by atoms with Gasteiger partial charge in [0.1, 0.15) is 0 Å².